The van der Waals surface area contributed by atoms with Gasteiger partial charge in [-0.15, -0.1) is 0 Å². The molecule has 1 saturated heterocycles. The third-order valence-electron chi connectivity index (χ3n) is 1.66. The van der Waals surface area contributed by atoms with Crippen molar-refractivity contribution in [2.45, 2.75) is 6.10 Å². The highest BCUT2D eigenvalue weighted by Crippen LogP contribution is 2.12. The van der Waals surface area contributed by atoms with Crippen LogP contribution >= 0.6 is 0 Å². The van der Waals surface area contributed by atoms with Crippen molar-refractivity contribution >= 4 is 6.08 Å². The SMILES string of the molecule is C(=CC1CO1)c1ccccc1. The Labute approximate surface area is 66.3 Å². The van der Waals surface area contributed by atoms with Crippen molar-refractivity contribution in [1.29, 1.82) is 0 Å². The minimum Gasteiger partial charge on any atom is -0.369 e. The molecule has 1 nitrogen and oxygen atoms in total. The molecule has 56 valence electrons. The Bertz CT molecular complexity index is 247. The van der Waals surface area contributed by atoms with E-state index >= 15 is 0 Å². The van der Waals surface area contributed by atoms with E-state index in [9.17, 15) is 0 Å². The normalized spacial score (nSPS) is 22.4. The maximum atomic E-state index is 5.04. The topological polar surface area (TPSA) is 12.5 Å². The van der Waals surface area contributed by atoms with Crippen LogP contribution in [0.5, 0.6) is 0 Å². The maximum absolute atomic E-state index is 5.04. The number of rotatable bonds is 2. The summed E-state index contributed by atoms with van der Waals surface area (Å²) in [6, 6.07) is 10.3. The quantitative estimate of drug-likeness (QED) is 0.582. The summed E-state index contributed by atoms with van der Waals surface area (Å²) in [5.41, 5.74) is 1.24. The van der Waals surface area contributed by atoms with Gasteiger partial charge in [-0.05, 0) is 5.56 Å². The molecule has 11 heavy (non-hydrogen) atoms. The second-order valence-corrected chi connectivity index (χ2v) is 2.64. The summed E-state index contributed by atoms with van der Waals surface area (Å²) >= 11 is 0. The van der Waals surface area contributed by atoms with E-state index in [0.29, 0.717) is 6.10 Å². The first-order valence-corrected chi connectivity index (χ1v) is 3.80. The van der Waals surface area contributed by atoms with E-state index in [1.54, 1.807) is 0 Å². The molecule has 1 heterocycles. The van der Waals surface area contributed by atoms with Gasteiger partial charge in [0, 0.05) is 0 Å². The van der Waals surface area contributed by atoms with Crippen molar-refractivity contribution < 1.29 is 4.74 Å². The van der Waals surface area contributed by atoms with Crippen molar-refractivity contribution in [1.82, 2.24) is 0 Å². The van der Waals surface area contributed by atoms with Gasteiger partial charge in [-0.1, -0.05) is 42.5 Å². The van der Waals surface area contributed by atoms with E-state index < -0.39 is 0 Å². The van der Waals surface area contributed by atoms with Crippen LogP contribution in [0, 0.1) is 0 Å². The molecular weight excluding hydrogens is 136 g/mol. The fourth-order valence-electron chi connectivity index (χ4n) is 0.949. The van der Waals surface area contributed by atoms with Crippen molar-refractivity contribution in [2.75, 3.05) is 6.61 Å². The van der Waals surface area contributed by atoms with Gasteiger partial charge in [0.05, 0.1) is 12.7 Å². The Hall–Kier alpha value is -1.08. The molecule has 1 aliphatic heterocycles. The minimum atomic E-state index is 0.384. The maximum Gasteiger partial charge on any atom is 0.0994 e. The highest BCUT2D eigenvalue weighted by atomic mass is 16.6. The molecule has 1 aromatic carbocycles. The lowest BCUT2D eigenvalue weighted by Gasteiger charge is -1.88. The van der Waals surface area contributed by atoms with E-state index in [4.69, 9.17) is 4.74 Å². The summed E-state index contributed by atoms with van der Waals surface area (Å²) in [5, 5.41) is 0. The molecule has 1 unspecified atom stereocenters. The smallest absolute Gasteiger partial charge is 0.0994 e. The van der Waals surface area contributed by atoms with E-state index in [1.807, 2.05) is 18.2 Å². The third kappa shape index (κ3) is 1.92. The Balaban J connectivity index is 2.05. The number of epoxide rings is 1. The monoisotopic (exact) mass is 146 g/mol. The first-order chi connectivity index (χ1) is 5.45. The lowest BCUT2D eigenvalue weighted by Crippen LogP contribution is -1.74. The lowest BCUT2D eigenvalue weighted by atomic mass is 10.2. The van der Waals surface area contributed by atoms with E-state index in [-0.39, 0.29) is 0 Å². The van der Waals surface area contributed by atoms with Gasteiger partial charge >= 0.3 is 0 Å². The fourth-order valence-corrected chi connectivity index (χ4v) is 0.949. The fraction of sp³-hybridized carbons (Fsp3) is 0.200. The average molecular weight is 146 g/mol. The molecule has 1 atom stereocenters. The van der Waals surface area contributed by atoms with Crippen LogP contribution in [-0.2, 0) is 4.74 Å². The zero-order valence-corrected chi connectivity index (χ0v) is 6.23. The Morgan fingerprint density at radius 3 is 2.64 bits per heavy atom. The van der Waals surface area contributed by atoms with E-state index in [2.05, 4.69) is 24.3 Å². The Morgan fingerprint density at radius 1 is 1.27 bits per heavy atom. The highest BCUT2D eigenvalue weighted by molar-refractivity contribution is 5.49. The highest BCUT2D eigenvalue weighted by Gasteiger charge is 2.17. The standard InChI is InChI=1S/C10H10O/c1-2-4-9(5-3-1)6-7-10-8-11-10/h1-7,10H,8H2. The molecule has 1 aromatic rings. The number of hydrogen-bond acceptors (Lipinski definition) is 1. The van der Waals surface area contributed by atoms with Gasteiger partial charge in [-0.2, -0.15) is 0 Å². The van der Waals surface area contributed by atoms with Crippen LogP contribution in [0.1, 0.15) is 5.56 Å². The van der Waals surface area contributed by atoms with Crippen LogP contribution in [0.3, 0.4) is 0 Å². The number of ether oxygens (including phenoxy) is 1. The number of benzene rings is 1. The number of hydrogen-bond donors (Lipinski definition) is 0. The Morgan fingerprint density at radius 2 is 2.00 bits per heavy atom. The first-order valence-electron chi connectivity index (χ1n) is 3.80. The second kappa shape index (κ2) is 2.89. The summed E-state index contributed by atoms with van der Waals surface area (Å²) < 4.78 is 5.04. The van der Waals surface area contributed by atoms with Gasteiger partial charge in [-0.25, -0.2) is 0 Å². The molecule has 0 aromatic heterocycles. The summed E-state index contributed by atoms with van der Waals surface area (Å²) in [5.74, 6) is 0. The minimum absolute atomic E-state index is 0.384. The van der Waals surface area contributed by atoms with Crippen LogP contribution in [0.25, 0.3) is 6.08 Å². The van der Waals surface area contributed by atoms with E-state index in [0.717, 1.165) is 6.61 Å². The van der Waals surface area contributed by atoms with Crippen LogP contribution in [0.15, 0.2) is 36.4 Å². The summed E-state index contributed by atoms with van der Waals surface area (Å²) in [7, 11) is 0. The second-order valence-electron chi connectivity index (χ2n) is 2.64. The zero-order valence-electron chi connectivity index (χ0n) is 6.23. The summed E-state index contributed by atoms with van der Waals surface area (Å²) in [6.45, 7) is 0.892. The van der Waals surface area contributed by atoms with Gasteiger partial charge in [0.1, 0.15) is 0 Å². The molecule has 0 radical (unpaired) electrons. The predicted octanol–water partition coefficient (Wildman–Crippen LogP) is 2.10. The molecule has 0 aliphatic carbocycles. The molecular formula is C10H10O. The first kappa shape index (κ1) is 6.62. The van der Waals surface area contributed by atoms with Crippen molar-refractivity contribution in [3.63, 3.8) is 0 Å². The molecule has 2 rings (SSSR count). The molecule has 1 aliphatic rings. The van der Waals surface area contributed by atoms with Crippen molar-refractivity contribution in [2.24, 2.45) is 0 Å². The van der Waals surface area contributed by atoms with Gasteiger partial charge in [0.25, 0.3) is 0 Å². The van der Waals surface area contributed by atoms with Crippen LogP contribution in [-0.4, -0.2) is 12.7 Å². The van der Waals surface area contributed by atoms with Gasteiger partial charge in [0.2, 0.25) is 0 Å². The van der Waals surface area contributed by atoms with Gasteiger partial charge < -0.3 is 4.74 Å². The molecule has 0 saturated carbocycles. The molecule has 0 spiro atoms. The third-order valence-corrected chi connectivity index (χ3v) is 1.66. The Kier molecular flexibility index (Phi) is 1.74. The largest absolute Gasteiger partial charge is 0.369 e. The summed E-state index contributed by atoms with van der Waals surface area (Å²) in [6.07, 6.45) is 4.57. The van der Waals surface area contributed by atoms with Gasteiger partial charge in [0.15, 0.2) is 0 Å². The van der Waals surface area contributed by atoms with Crippen molar-refractivity contribution in [3.05, 3.63) is 42.0 Å². The van der Waals surface area contributed by atoms with Crippen molar-refractivity contribution in [3.8, 4) is 0 Å². The van der Waals surface area contributed by atoms with Crippen LogP contribution in [0.2, 0.25) is 0 Å². The van der Waals surface area contributed by atoms with Crippen LogP contribution < -0.4 is 0 Å². The molecule has 0 N–H and O–H groups in total. The van der Waals surface area contributed by atoms with Gasteiger partial charge in [-0.3, -0.25) is 0 Å². The molecule has 0 bridgehead atoms. The zero-order chi connectivity index (χ0) is 7.52. The molecule has 1 heteroatoms. The molecule has 1 fully saturated rings. The van der Waals surface area contributed by atoms with Crippen LogP contribution in [0.4, 0.5) is 0 Å². The average Bonchev–Trinajstić information content (AvgIpc) is 2.86. The molecule has 0 amide bonds. The van der Waals surface area contributed by atoms with E-state index in [1.165, 1.54) is 5.56 Å². The lowest BCUT2D eigenvalue weighted by molar-refractivity contribution is 0.440. The summed E-state index contributed by atoms with van der Waals surface area (Å²) in [4.78, 5) is 0. The predicted molar refractivity (Wildman–Crippen MR) is 45.2 cm³/mol.